The fourth-order valence-corrected chi connectivity index (χ4v) is 5.26. The number of hydrogen-bond acceptors (Lipinski definition) is 7. The van der Waals surface area contributed by atoms with Crippen molar-refractivity contribution in [1.82, 2.24) is 14.9 Å². The molecule has 0 unspecified atom stereocenters. The number of aliphatic hydroxyl groups excluding tert-OH is 1. The fraction of sp³-hybridized carbons (Fsp3) is 0.842. The van der Waals surface area contributed by atoms with Crippen LogP contribution in [0.5, 0.6) is 0 Å². The number of carbonyl (C=O) groups excluding carboxylic acids is 3. The highest BCUT2D eigenvalue weighted by atomic mass is 32.2. The molecule has 1 saturated heterocycles. The molecule has 2 aliphatic carbocycles. The predicted molar refractivity (Wildman–Crippen MR) is 109 cm³/mol. The van der Waals surface area contributed by atoms with Crippen LogP contribution < -0.4 is 15.8 Å². The molecule has 3 amide bonds. The summed E-state index contributed by atoms with van der Waals surface area (Å²) in [6.45, 7) is 5.02. The molecule has 0 spiro atoms. The zero-order chi connectivity index (χ0) is 24.2. The van der Waals surface area contributed by atoms with Crippen LogP contribution in [0.15, 0.2) is 0 Å². The number of rotatable bonds is 7. The summed E-state index contributed by atoms with van der Waals surface area (Å²) in [6.07, 6.45) is -3.87. The van der Waals surface area contributed by atoms with E-state index in [0.29, 0.717) is 12.8 Å². The summed E-state index contributed by atoms with van der Waals surface area (Å²) >= 11 is 0. The molecule has 3 fully saturated rings. The van der Waals surface area contributed by atoms with Crippen molar-refractivity contribution < 1.29 is 36.7 Å². The quantitative estimate of drug-likeness (QED) is 0.366. The number of sulfonamides is 1. The number of nitrogens with one attached hydrogen (secondary N) is 2. The van der Waals surface area contributed by atoms with E-state index in [4.69, 9.17) is 5.73 Å². The van der Waals surface area contributed by atoms with Gasteiger partial charge >= 0.3 is 0 Å². The van der Waals surface area contributed by atoms with Crippen molar-refractivity contribution in [2.45, 2.75) is 81.9 Å². The third kappa shape index (κ3) is 4.74. The highest BCUT2D eigenvalue weighted by Gasteiger charge is 2.66. The lowest BCUT2D eigenvalue weighted by molar-refractivity contribution is -0.142. The molecule has 182 valence electrons. The third-order valence-corrected chi connectivity index (χ3v) is 8.15. The van der Waals surface area contributed by atoms with E-state index >= 15 is 0 Å². The second-order valence-corrected chi connectivity index (χ2v) is 12.0. The first-order chi connectivity index (χ1) is 14.6. The predicted octanol–water partition coefficient (Wildman–Crippen LogP) is -0.930. The number of β-amino-alcohol motifs (C(OH)–C–C–N with tert-alkyl or cyclic N) is 1. The number of halogens is 2. The first-order valence-corrected chi connectivity index (χ1v) is 12.0. The van der Waals surface area contributed by atoms with E-state index in [-0.39, 0.29) is 13.0 Å². The SMILES string of the molecule is CC(C)(C)[C@H](N)C(=O)N1C[C@H](O)C[C@H]1C(=O)N[C@]1(C(=O)NS(=O)(=O)C2CC2)C[C@H]1C(F)F. The Kier molecular flexibility index (Phi) is 6.33. The molecule has 2 saturated carbocycles. The maximum absolute atomic E-state index is 13.4. The minimum Gasteiger partial charge on any atom is -0.391 e. The molecule has 1 aliphatic heterocycles. The lowest BCUT2D eigenvalue weighted by atomic mass is 9.86. The normalized spacial score (nSPS) is 31.4. The van der Waals surface area contributed by atoms with Crippen molar-refractivity contribution >= 4 is 27.7 Å². The summed E-state index contributed by atoms with van der Waals surface area (Å²) < 4.78 is 52.9. The van der Waals surface area contributed by atoms with Crippen LogP contribution in [0.1, 0.15) is 46.5 Å². The van der Waals surface area contributed by atoms with E-state index in [1.54, 1.807) is 20.8 Å². The molecular formula is C19H30F2N4O6S. The number of aliphatic hydroxyl groups is 1. The number of likely N-dealkylation sites (tertiary alicyclic amines) is 1. The van der Waals surface area contributed by atoms with Gasteiger partial charge in [-0.1, -0.05) is 20.8 Å². The second-order valence-electron chi connectivity index (χ2n) is 10.0. The van der Waals surface area contributed by atoms with Crippen molar-refractivity contribution in [3.63, 3.8) is 0 Å². The van der Waals surface area contributed by atoms with Gasteiger partial charge in [-0.3, -0.25) is 19.1 Å². The average molecular weight is 481 g/mol. The summed E-state index contributed by atoms with van der Waals surface area (Å²) in [6, 6.07) is -2.21. The van der Waals surface area contributed by atoms with Gasteiger partial charge in [-0.15, -0.1) is 0 Å². The van der Waals surface area contributed by atoms with E-state index in [2.05, 4.69) is 5.32 Å². The topological polar surface area (TPSA) is 159 Å². The van der Waals surface area contributed by atoms with Gasteiger partial charge in [-0.2, -0.15) is 0 Å². The molecule has 0 aromatic rings. The number of amides is 3. The van der Waals surface area contributed by atoms with E-state index in [1.807, 2.05) is 4.72 Å². The largest absolute Gasteiger partial charge is 0.391 e. The van der Waals surface area contributed by atoms with Gasteiger partial charge in [0.15, 0.2) is 0 Å². The Labute approximate surface area is 185 Å². The van der Waals surface area contributed by atoms with Crippen LogP contribution in [0.25, 0.3) is 0 Å². The zero-order valence-corrected chi connectivity index (χ0v) is 19.0. The van der Waals surface area contributed by atoms with Crippen LogP contribution in [-0.2, 0) is 24.4 Å². The maximum atomic E-state index is 13.4. The minimum absolute atomic E-state index is 0.161. The third-order valence-electron chi connectivity index (χ3n) is 6.33. The van der Waals surface area contributed by atoms with Gasteiger partial charge in [0.05, 0.1) is 23.3 Å². The van der Waals surface area contributed by atoms with Crippen LogP contribution in [-0.4, -0.2) is 78.1 Å². The summed E-state index contributed by atoms with van der Waals surface area (Å²) in [4.78, 5) is 39.6. The molecule has 3 aliphatic rings. The van der Waals surface area contributed by atoms with Gasteiger partial charge in [-0.05, 0) is 24.7 Å². The first kappa shape index (κ1) is 24.8. The fourth-order valence-electron chi connectivity index (χ4n) is 3.89. The van der Waals surface area contributed by atoms with Crippen molar-refractivity contribution in [3.05, 3.63) is 0 Å². The highest BCUT2D eigenvalue weighted by molar-refractivity contribution is 7.91. The van der Waals surface area contributed by atoms with Crippen LogP contribution in [0.2, 0.25) is 0 Å². The number of alkyl halides is 2. The maximum Gasteiger partial charge on any atom is 0.259 e. The van der Waals surface area contributed by atoms with Gasteiger partial charge in [0.1, 0.15) is 11.6 Å². The van der Waals surface area contributed by atoms with E-state index in [1.165, 1.54) is 0 Å². The van der Waals surface area contributed by atoms with Crippen molar-refractivity contribution in [2.24, 2.45) is 17.1 Å². The van der Waals surface area contributed by atoms with E-state index < -0.39 is 80.9 Å². The Balaban J connectivity index is 1.78. The summed E-state index contributed by atoms with van der Waals surface area (Å²) in [5, 5.41) is 11.6. The summed E-state index contributed by atoms with van der Waals surface area (Å²) in [5.41, 5.74) is 3.27. The Morgan fingerprint density at radius 2 is 1.81 bits per heavy atom. The van der Waals surface area contributed by atoms with Gasteiger partial charge in [-0.25, -0.2) is 17.2 Å². The Hall–Kier alpha value is -1.86. The summed E-state index contributed by atoms with van der Waals surface area (Å²) in [7, 11) is -4.01. The molecule has 0 radical (unpaired) electrons. The van der Waals surface area contributed by atoms with Crippen LogP contribution >= 0.6 is 0 Å². The second kappa shape index (κ2) is 8.17. The van der Waals surface area contributed by atoms with Crippen molar-refractivity contribution in [1.29, 1.82) is 0 Å². The molecule has 5 N–H and O–H groups in total. The van der Waals surface area contributed by atoms with Gasteiger partial charge in [0, 0.05) is 13.0 Å². The smallest absolute Gasteiger partial charge is 0.259 e. The summed E-state index contributed by atoms with van der Waals surface area (Å²) in [5.74, 6) is -4.29. The van der Waals surface area contributed by atoms with Gasteiger partial charge in [0.2, 0.25) is 28.3 Å². The monoisotopic (exact) mass is 480 g/mol. The molecule has 0 bridgehead atoms. The van der Waals surface area contributed by atoms with Gasteiger partial charge in [0.25, 0.3) is 5.91 Å². The molecular weight excluding hydrogens is 450 g/mol. The molecule has 13 heteroatoms. The minimum atomic E-state index is -4.01. The number of carbonyl (C=O) groups is 3. The lowest BCUT2D eigenvalue weighted by Crippen LogP contribution is -2.59. The Morgan fingerprint density at radius 3 is 2.28 bits per heavy atom. The average Bonchev–Trinajstić information content (AvgIpc) is 3.56. The van der Waals surface area contributed by atoms with E-state index in [0.717, 1.165) is 4.90 Å². The van der Waals surface area contributed by atoms with Crippen LogP contribution in [0.3, 0.4) is 0 Å². The van der Waals surface area contributed by atoms with Crippen LogP contribution in [0.4, 0.5) is 8.78 Å². The molecule has 0 aromatic heterocycles. The molecule has 10 nitrogen and oxygen atoms in total. The molecule has 3 rings (SSSR count). The Morgan fingerprint density at radius 1 is 1.22 bits per heavy atom. The number of nitrogens with two attached hydrogens (primary N) is 1. The zero-order valence-electron chi connectivity index (χ0n) is 18.2. The van der Waals surface area contributed by atoms with Crippen molar-refractivity contribution in [3.8, 4) is 0 Å². The Bertz CT molecular complexity index is 904. The molecule has 1 heterocycles. The van der Waals surface area contributed by atoms with Crippen molar-refractivity contribution in [2.75, 3.05) is 6.54 Å². The van der Waals surface area contributed by atoms with Crippen LogP contribution in [0, 0.1) is 11.3 Å². The highest BCUT2D eigenvalue weighted by Crippen LogP contribution is 2.48. The molecule has 5 atom stereocenters. The number of nitrogens with zero attached hydrogens (tertiary/aromatic N) is 1. The first-order valence-electron chi connectivity index (χ1n) is 10.5. The molecule has 32 heavy (non-hydrogen) atoms. The lowest BCUT2D eigenvalue weighted by Gasteiger charge is -2.33. The molecule has 0 aromatic carbocycles. The standard InChI is InChI=1S/C19H30F2N4O6S/c1-18(2,3)13(22)16(28)25-8-9(26)6-12(25)15(27)23-19(7-11(19)14(20)21)17(29)24-32(30,31)10-4-5-10/h9-14,26H,4-8,22H2,1-3H3,(H,23,27)(H,24,29)/t9-,11+,12+,13-,19-/m1/s1. The van der Waals surface area contributed by atoms with E-state index in [9.17, 15) is 36.7 Å². The number of hydrogen-bond donors (Lipinski definition) is 4. The van der Waals surface area contributed by atoms with Gasteiger partial charge < -0.3 is 21.1 Å².